The molecular formula is C14H14N2O4. The molecule has 0 radical (unpaired) electrons. The van der Waals surface area contributed by atoms with Gasteiger partial charge in [0.05, 0.1) is 31.1 Å². The molecule has 1 aliphatic carbocycles. The standard InChI is InChI=1S/C14H14N2O4/c1-16-9(7-15)6-8-4-5-10(13(17)19-2)11(12(8)16)14(18)20-3/h6H,4-5H2,1-3H3. The van der Waals surface area contributed by atoms with Gasteiger partial charge in [0, 0.05) is 7.05 Å². The van der Waals surface area contributed by atoms with Gasteiger partial charge in [0.1, 0.15) is 11.8 Å². The third-order valence-corrected chi connectivity index (χ3v) is 3.43. The highest BCUT2D eigenvalue weighted by Gasteiger charge is 2.32. The molecule has 0 atom stereocenters. The molecule has 0 spiro atoms. The maximum atomic E-state index is 12.0. The molecule has 1 aromatic rings. The van der Waals surface area contributed by atoms with E-state index in [0.29, 0.717) is 24.2 Å². The molecule has 104 valence electrons. The molecular weight excluding hydrogens is 260 g/mol. The zero-order valence-corrected chi connectivity index (χ0v) is 11.5. The highest BCUT2D eigenvalue weighted by Crippen LogP contribution is 2.34. The molecule has 6 nitrogen and oxygen atoms in total. The number of ether oxygens (including phenoxy) is 2. The molecule has 0 amide bonds. The Bertz CT molecular complexity index is 661. The lowest BCUT2D eigenvalue weighted by Gasteiger charge is -2.19. The fourth-order valence-electron chi connectivity index (χ4n) is 2.47. The number of hydrogen-bond acceptors (Lipinski definition) is 5. The van der Waals surface area contributed by atoms with Crippen molar-refractivity contribution >= 4 is 17.5 Å². The van der Waals surface area contributed by atoms with Crippen LogP contribution in [0.5, 0.6) is 0 Å². The number of esters is 2. The Morgan fingerprint density at radius 1 is 1.25 bits per heavy atom. The number of carbonyl (C=O) groups is 2. The lowest BCUT2D eigenvalue weighted by molar-refractivity contribution is -0.138. The fourth-order valence-corrected chi connectivity index (χ4v) is 2.47. The maximum absolute atomic E-state index is 12.0. The van der Waals surface area contributed by atoms with Crippen molar-refractivity contribution in [2.45, 2.75) is 12.8 Å². The van der Waals surface area contributed by atoms with Gasteiger partial charge in [-0.2, -0.15) is 5.26 Å². The summed E-state index contributed by atoms with van der Waals surface area (Å²) < 4.78 is 11.1. The summed E-state index contributed by atoms with van der Waals surface area (Å²) in [6.07, 6.45) is 0.967. The van der Waals surface area contributed by atoms with Gasteiger partial charge in [-0.25, -0.2) is 9.59 Å². The van der Waals surface area contributed by atoms with Gasteiger partial charge in [0.25, 0.3) is 0 Å². The quantitative estimate of drug-likeness (QED) is 0.750. The minimum atomic E-state index is -0.600. The summed E-state index contributed by atoms with van der Waals surface area (Å²) in [5.74, 6) is -1.15. The summed E-state index contributed by atoms with van der Waals surface area (Å²) in [5, 5.41) is 9.08. The second-order valence-corrected chi connectivity index (χ2v) is 4.41. The number of fused-ring (bicyclic) bond motifs is 1. The van der Waals surface area contributed by atoms with E-state index >= 15 is 0 Å². The number of nitriles is 1. The molecule has 0 N–H and O–H groups in total. The molecule has 6 heteroatoms. The van der Waals surface area contributed by atoms with Crippen LogP contribution in [0.15, 0.2) is 11.6 Å². The van der Waals surface area contributed by atoms with Gasteiger partial charge in [-0.3, -0.25) is 0 Å². The van der Waals surface area contributed by atoms with Crippen molar-refractivity contribution in [1.29, 1.82) is 5.26 Å². The Kier molecular flexibility index (Phi) is 3.61. The third-order valence-electron chi connectivity index (χ3n) is 3.43. The van der Waals surface area contributed by atoms with Gasteiger partial charge in [-0.15, -0.1) is 0 Å². The lowest BCUT2D eigenvalue weighted by Crippen LogP contribution is -2.20. The van der Waals surface area contributed by atoms with Crippen LogP contribution in [-0.2, 0) is 32.5 Å². The Labute approximate surface area is 116 Å². The molecule has 1 aliphatic rings. The number of aromatic nitrogens is 1. The smallest absolute Gasteiger partial charge is 0.340 e. The molecule has 0 saturated heterocycles. The predicted octanol–water partition coefficient (Wildman–Crippen LogP) is 0.943. The first-order chi connectivity index (χ1) is 9.54. The van der Waals surface area contributed by atoms with Gasteiger partial charge in [0.2, 0.25) is 0 Å². The van der Waals surface area contributed by atoms with Crippen LogP contribution >= 0.6 is 0 Å². The molecule has 0 saturated carbocycles. The van der Waals surface area contributed by atoms with Crippen LogP contribution in [0.25, 0.3) is 5.57 Å². The molecule has 2 rings (SSSR count). The van der Waals surface area contributed by atoms with Crippen molar-refractivity contribution in [3.63, 3.8) is 0 Å². The molecule has 0 aliphatic heterocycles. The van der Waals surface area contributed by atoms with E-state index in [1.807, 2.05) is 0 Å². The average molecular weight is 274 g/mol. The van der Waals surface area contributed by atoms with Crippen molar-refractivity contribution in [3.8, 4) is 6.07 Å². The van der Waals surface area contributed by atoms with E-state index in [2.05, 4.69) is 6.07 Å². The molecule has 0 bridgehead atoms. The Balaban J connectivity index is 2.72. The van der Waals surface area contributed by atoms with Gasteiger partial charge < -0.3 is 14.0 Å². The van der Waals surface area contributed by atoms with E-state index in [1.54, 1.807) is 17.7 Å². The van der Waals surface area contributed by atoms with Crippen LogP contribution in [0.1, 0.15) is 23.4 Å². The van der Waals surface area contributed by atoms with Crippen LogP contribution in [0.2, 0.25) is 0 Å². The van der Waals surface area contributed by atoms with E-state index in [-0.39, 0.29) is 11.1 Å². The number of nitrogens with zero attached hydrogens (tertiary/aromatic N) is 2. The Hall–Kier alpha value is -2.55. The van der Waals surface area contributed by atoms with Crippen LogP contribution in [-0.4, -0.2) is 30.7 Å². The fraction of sp³-hybridized carbons (Fsp3) is 0.357. The molecule has 20 heavy (non-hydrogen) atoms. The van der Waals surface area contributed by atoms with E-state index in [1.165, 1.54) is 14.2 Å². The van der Waals surface area contributed by atoms with Crippen LogP contribution in [0.3, 0.4) is 0 Å². The van der Waals surface area contributed by atoms with E-state index in [4.69, 9.17) is 14.7 Å². The minimum Gasteiger partial charge on any atom is -0.466 e. The third kappa shape index (κ3) is 1.97. The van der Waals surface area contributed by atoms with Gasteiger partial charge in [0.15, 0.2) is 0 Å². The Morgan fingerprint density at radius 3 is 2.45 bits per heavy atom. The van der Waals surface area contributed by atoms with Crippen LogP contribution < -0.4 is 0 Å². The summed E-state index contributed by atoms with van der Waals surface area (Å²) >= 11 is 0. The van der Waals surface area contributed by atoms with Crippen molar-refractivity contribution in [3.05, 3.63) is 28.6 Å². The van der Waals surface area contributed by atoms with Crippen LogP contribution in [0.4, 0.5) is 0 Å². The molecule has 0 unspecified atom stereocenters. The van der Waals surface area contributed by atoms with Gasteiger partial charge >= 0.3 is 11.9 Å². The van der Waals surface area contributed by atoms with E-state index < -0.39 is 11.9 Å². The van der Waals surface area contributed by atoms with Crippen molar-refractivity contribution in [2.24, 2.45) is 7.05 Å². The monoisotopic (exact) mass is 274 g/mol. The Morgan fingerprint density at radius 2 is 1.90 bits per heavy atom. The normalized spacial score (nSPS) is 13.5. The second-order valence-electron chi connectivity index (χ2n) is 4.41. The lowest BCUT2D eigenvalue weighted by atomic mass is 9.90. The largest absolute Gasteiger partial charge is 0.466 e. The van der Waals surface area contributed by atoms with Crippen LogP contribution in [0, 0.1) is 11.3 Å². The maximum Gasteiger partial charge on any atom is 0.340 e. The topological polar surface area (TPSA) is 81.3 Å². The molecule has 0 aromatic carbocycles. The number of hydrogen-bond donors (Lipinski definition) is 0. The molecule has 0 fully saturated rings. The number of aryl methyl sites for hydroxylation is 1. The van der Waals surface area contributed by atoms with E-state index in [9.17, 15) is 9.59 Å². The zero-order chi connectivity index (χ0) is 14.9. The first-order valence-electron chi connectivity index (χ1n) is 6.04. The summed E-state index contributed by atoms with van der Waals surface area (Å²) in [7, 11) is 4.21. The highest BCUT2D eigenvalue weighted by molar-refractivity contribution is 6.23. The zero-order valence-electron chi connectivity index (χ0n) is 11.5. The first-order valence-corrected chi connectivity index (χ1v) is 6.04. The van der Waals surface area contributed by atoms with Crippen molar-refractivity contribution in [2.75, 3.05) is 14.2 Å². The van der Waals surface area contributed by atoms with Gasteiger partial charge in [-0.1, -0.05) is 0 Å². The molecule has 1 heterocycles. The van der Waals surface area contributed by atoms with Crippen molar-refractivity contribution < 1.29 is 19.1 Å². The first kappa shape index (κ1) is 13.9. The average Bonchev–Trinajstić information content (AvgIpc) is 2.81. The number of rotatable bonds is 2. The number of methoxy groups -OCH3 is 2. The van der Waals surface area contributed by atoms with E-state index in [0.717, 1.165) is 5.56 Å². The van der Waals surface area contributed by atoms with Gasteiger partial charge in [-0.05, 0) is 24.5 Å². The minimum absolute atomic E-state index is 0.185. The number of carbonyl (C=O) groups excluding carboxylic acids is 2. The highest BCUT2D eigenvalue weighted by atomic mass is 16.5. The summed E-state index contributed by atoms with van der Waals surface area (Å²) in [6.45, 7) is 0. The van der Waals surface area contributed by atoms with Crippen molar-refractivity contribution in [1.82, 2.24) is 4.57 Å². The second kappa shape index (κ2) is 5.21. The predicted molar refractivity (Wildman–Crippen MR) is 69.4 cm³/mol. The summed E-state index contributed by atoms with van der Waals surface area (Å²) in [6, 6.07) is 3.79. The molecule has 1 aromatic heterocycles. The summed E-state index contributed by atoms with van der Waals surface area (Å²) in [5.41, 5.74) is 2.32. The SMILES string of the molecule is COC(=O)C1=C(C(=O)OC)c2c(cc(C#N)n2C)CC1. The summed E-state index contributed by atoms with van der Waals surface area (Å²) in [4.78, 5) is 23.9.